The molecule has 2 saturated carbocycles. The predicted octanol–water partition coefficient (Wildman–Crippen LogP) is 2.51. The van der Waals surface area contributed by atoms with Gasteiger partial charge in [-0.05, 0) is 25.2 Å². The first-order chi connectivity index (χ1) is 8.58. The third-order valence-electron chi connectivity index (χ3n) is 4.36. The molecule has 0 saturated heterocycles. The van der Waals surface area contributed by atoms with Crippen LogP contribution in [0.25, 0.3) is 0 Å². The van der Waals surface area contributed by atoms with Crippen molar-refractivity contribution in [1.29, 1.82) is 0 Å². The molecule has 2 rings (SSSR count). The first-order valence-corrected chi connectivity index (χ1v) is 6.89. The molecule has 0 amide bonds. The molecule has 0 aromatic rings. The van der Waals surface area contributed by atoms with Crippen molar-refractivity contribution in [2.75, 3.05) is 14.2 Å². The third-order valence-corrected chi connectivity index (χ3v) is 4.36. The molecule has 0 aromatic carbocycles. The Morgan fingerprint density at radius 2 is 1.83 bits per heavy atom. The highest BCUT2D eigenvalue weighted by Crippen LogP contribution is 2.42. The van der Waals surface area contributed by atoms with Crippen LogP contribution in [0.4, 0.5) is 0 Å². The van der Waals surface area contributed by atoms with Crippen LogP contribution in [0, 0.1) is 11.8 Å². The van der Waals surface area contributed by atoms with Crippen LogP contribution in [0.5, 0.6) is 0 Å². The van der Waals surface area contributed by atoms with E-state index in [0.717, 1.165) is 12.8 Å². The highest BCUT2D eigenvalue weighted by molar-refractivity contribution is 5.74. The smallest absolute Gasteiger partial charge is 0.309 e. The second-order valence-electron chi connectivity index (χ2n) is 5.75. The number of methoxy groups -OCH3 is 2. The van der Waals surface area contributed by atoms with Gasteiger partial charge in [0.2, 0.25) is 0 Å². The SMILES string of the molecule is COC1(OC)CC(C(=O)OC2CCCC(C)C2)C1. The summed E-state index contributed by atoms with van der Waals surface area (Å²) >= 11 is 0. The van der Waals surface area contributed by atoms with Gasteiger partial charge in [-0.3, -0.25) is 4.79 Å². The average Bonchev–Trinajstić information content (AvgIpc) is 2.29. The summed E-state index contributed by atoms with van der Waals surface area (Å²) < 4.78 is 16.2. The number of carbonyl (C=O) groups excluding carboxylic acids is 1. The summed E-state index contributed by atoms with van der Waals surface area (Å²) in [6.07, 6.45) is 5.81. The van der Waals surface area contributed by atoms with E-state index >= 15 is 0 Å². The van der Waals surface area contributed by atoms with Gasteiger partial charge in [-0.15, -0.1) is 0 Å². The molecule has 2 atom stereocenters. The fraction of sp³-hybridized carbons (Fsp3) is 0.929. The summed E-state index contributed by atoms with van der Waals surface area (Å²) in [6, 6.07) is 0. The molecule has 0 bridgehead atoms. The molecule has 4 nitrogen and oxygen atoms in total. The van der Waals surface area contributed by atoms with Gasteiger partial charge in [-0.25, -0.2) is 0 Å². The topological polar surface area (TPSA) is 44.8 Å². The van der Waals surface area contributed by atoms with Gasteiger partial charge in [-0.1, -0.05) is 13.3 Å². The van der Waals surface area contributed by atoms with E-state index in [1.807, 2.05) is 0 Å². The van der Waals surface area contributed by atoms with Gasteiger partial charge in [0.15, 0.2) is 5.79 Å². The predicted molar refractivity (Wildman–Crippen MR) is 67.0 cm³/mol. The minimum atomic E-state index is -0.552. The molecule has 2 fully saturated rings. The van der Waals surface area contributed by atoms with Crippen LogP contribution >= 0.6 is 0 Å². The summed E-state index contributed by atoms with van der Waals surface area (Å²) in [4.78, 5) is 12.0. The van der Waals surface area contributed by atoms with Gasteiger partial charge in [0, 0.05) is 27.1 Å². The van der Waals surface area contributed by atoms with Crippen LogP contribution in [0.3, 0.4) is 0 Å². The zero-order valence-electron chi connectivity index (χ0n) is 11.6. The Balaban J connectivity index is 1.76. The third kappa shape index (κ3) is 2.86. The Labute approximate surface area is 109 Å². The summed E-state index contributed by atoms with van der Waals surface area (Å²) in [5.41, 5.74) is 0. The molecular formula is C14H24O4. The van der Waals surface area contributed by atoms with Crippen LogP contribution in [0.1, 0.15) is 45.4 Å². The van der Waals surface area contributed by atoms with E-state index in [4.69, 9.17) is 14.2 Å². The van der Waals surface area contributed by atoms with E-state index in [0.29, 0.717) is 18.8 Å². The van der Waals surface area contributed by atoms with E-state index in [1.165, 1.54) is 12.8 Å². The first kappa shape index (κ1) is 13.8. The molecular weight excluding hydrogens is 232 g/mol. The molecule has 2 aliphatic rings. The maximum Gasteiger partial charge on any atom is 0.309 e. The van der Waals surface area contributed by atoms with Crippen molar-refractivity contribution in [3.05, 3.63) is 0 Å². The van der Waals surface area contributed by atoms with Crippen molar-refractivity contribution in [3.8, 4) is 0 Å². The summed E-state index contributed by atoms with van der Waals surface area (Å²) in [5, 5.41) is 0. The van der Waals surface area contributed by atoms with Crippen molar-refractivity contribution < 1.29 is 19.0 Å². The number of carbonyl (C=O) groups is 1. The highest BCUT2D eigenvalue weighted by atomic mass is 16.7. The van der Waals surface area contributed by atoms with E-state index in [1.54, 1.807) is 14.2 Å². The van der Waals surface area contributed by atoms with E-state index in [9.17, 15) is 4.79 Å². The molecule has 0 N–H and O–H groups in total. The zero-order valence-corrected chi connectivity index (χ0v) is 11.6. The highest BCUT2D eigenvalue weighted by Gasteiger charge is 2.49. The number of hydrogen-bond donors (Lipinski definition) is 0. The van der Waals surface area contributed by atoms with Gasteiger partial charge in [0.1, 0.15) is 6.10 Å². The fourth-order valence-corrected chi connectivity index (χ4v) is 3.02. The minimum absolute atomic E-state index is 0.0536. The standard InChI is InChI=1S/C14H24O4/c1-10-5-4-6-12(7-10)18-13(15)11-8-14(9-11,16-2)17-3/h10-12H,4-9H2,1-3H3. The number of hydrogen-bond acceptors (Lipinski definition) is 4. The fourth-order valence-electron chi connectivity index (χ4n) is 3.02. The average molecular weight is 256 g/mol. The van der Waals surface area contributed by atoms with Crippen molar-refractivity contribution in [3.63, 3.8) is 0 Å². The van der Waals surface area contributed by atoms with Gasteiger partial charge in [0.05, 0.1) is 5.92 Å². The first-order valence-electron chi connectivity index (χ1n) is 6.89. The molecule has 0 radical (unpaired) electrons. The summed E-state index contributed by atoms with van der Waals surface area (Å²) in [5.74, 6) is -0.000245. The Hall–Kier alpha value is -0.610. The van der Waals surface area contributed by atoms with E-state index in [-0.39, 0.29) is 18.0 Å². The number of esters is 1. The lowest BCUT2D eigenvalue weighted by atomic mass is 9.78. The molecule has 2 aliphatic carbocycles. The molecule has 18 heavy (non-hydrogen) atoms. The monoisotopic (exact) mass is 256 g/mol. The summed E-state index contributed by atoms with van der Waals surface area (Å²) in [7, 11) is 3.24. The Kier molecular flexibility index (Phi) is 4.28. The Morgan fingerprint density at radius 1 is 1.17 bits per heavy atom. The van der Waals surface area contributed by atoms with Gasteiger partial charge in [0.25, 0.3) is 0 Å². The second kappa shape index (κ2) is 5.57. The summed E-state index contributed by atoms with van der Waals surface area (Å²) in [6.45, 7) is 2.23. The van der Waals surface area contributed by atoms with Gasteiger partial charge < -0.3 is 14.2 Å². The largest absolute Gasteiger partial charge is 0.462 e. The molecule has 0 heterocycles. The van der Waals surface area contributed by atoms with Crippen LogP contribution in [0.2, 0.25) is 0 Å². The van der Waals surface area contributed by atoms with Crippen LogP contribution in [-0.2, 0) is 19.0 Å². The normalized spacial score (nSPS) is 31.7. The lowest BCUT2D eigenvalue weighted by Crippen LogP contribution is -2.50. The zero-order chi connectivity index (χ0) is 13.2. The van der Waals surface area contributed by atoms with Crippen molar-refractivity contribution in [2.45, 2.75) is 57.3 Å². The lowest BCUT2D eigenvalue weighted by Gasteiger charge is -2.44. The molecule has 0 aromatic heterocycles. The van der Waals surface area contributed by atoms with Crippen LogP contribution in [0.15, 0.2) is 0 Å². The van der Waals surface area contributed by atoms with E-state index < -0.39 is 5.79 Å². The van der Waals surface area contributed by atoms with Gasteiger partial charge in [-0.2, -0.15) is 0 Å². The van der Waals surface area contributed by atoms with Crippen molar-refractivity contribution >= 4 is 5.97 Å². The minimum Gasteiger partial charge on any atom is -0.462 e. The second-order valence-corrected chi connectivity index (χ2v) is 5.75. The maximum absolute atomic E-state index is 12.0. The molecule has 2 unspecified atom stereocenters. The Bertz CT molecular complexity index is 290. The molecule has 0 spiro atoms. The quantitative estimate of drug-likeness (QED) is 0.572. The number of ether oxygens (including phenoxy) is 3. The lowest BCUT2D eigenvalue weighted by molar-refractivity contribution is -0.271. The van der Waals surface area contributed by atoms with Crippen molar-refractivity contribution in [2.24, 2.45) is 11.8 Å². The maximum atomic E-state index is 12.0. The molecule has 0 aliphatic heterocycles. The number of rotatable bonds is 4. The van der Waals surface area contributed by atoms with Crippen molar-refractivity contribution in [1.82, 2.24) is 0 Å². The van der Waals surface area contributed by atoms with Gasteiger partial charge >= 0.3 is 5.97 Å². The Morgan fingerprint density at radius 3 is 2.39 bits per heavy atom. The van der Waals surface area contributed by atoms with Crippen LogP contribution < -0.4 is 0 Å². The molecule has 104 valence electrons. The van der Waals surface area contributed by atoms with E-state index in [2.05, 4.69) is 6.92 Å². The van der Waals surface area contributed by atoms with Crippen LogP contribution in [-0.4, -0.2) is 32.1 Å². The molecule has 4 heteroatoms.